The lowest BCUT2D eigenvalue weighted by molar-refractivity contribution is 0.139. The zero-order valence-corrected chi connectivity index (χ0v) is 9.84. The van der Waals surface area contributed by atoms with Crippen LogP contribution in [0.5, 0.6) is 0 Å². The van der Waals surface area contributed by atoms with Gasteiger partial charge in [0.15, 0.2) is 0 Å². The molecule has 1 saturated carbocycles. The lowest BCUT2D eigenvalue weighted by atomic mass is 9.73. The minimum Gasteiger partial charge on any atom is -0.407 e. The Labute approximate surface area is 97.1 Å². The van der Waals surface area contributed by atoms with Crippen LogP contribution in [0.2, 0.25) is 0 Å². The van der Waals surface area contributed by atoms with Gasteiger partial charge in [-0.15, -0.1) is 11.6 Å². The number of unbranched alkanes of at least 4 members (excludes halogenated alkanes) is 1. The summed E-state index contributed by atoms with van der Waals surface area (Å²) in [6.07, 6.45) is 8.01. The van der Waals surface area contributed by atoms with Crippen molar-refractivity contribution in [2.45, 2.75) is 32.1 Å². The Bertz CT molecular complexity index is 223. The molecule has 1 heterocycles. The lowest BCUT2D eigenvalue weighted by Gasteiger charge is -2.22. The Balaban J connectivity index is 1.89. The predicted molar refractivity (Wildman–Crippen MR) is 63.0 cm³/mol. The van der Waals surface area contributed by atoms with Crippen LogP contribution in [0.15, 0.2) is 11.5 Å². The summed E-state index contributed by atoms with van der Waals surface area (Å²) in [4.78, 5) is 0. The lowest BCUT2D eigenvalue weighted by Crippen LogP contribution is -2.32. The summed E-state index contributed by atoms with van der Waals surface area (Å²) in [6.45, 7) is 1.68. The van der Waals surface area contributed by atoms with Crippen molar-refractivity contribution in [1.82, 2.24) is 0 Å². The van der Waals surface area contributed by atoms with Crippen molar-refractivity contribution in [3.05, 3.63) is 11.5 Å². The SMILES string of the molecule is ClCCC/C=C(\B1OCCCO1)C1CC1. The normalized spacial score (nSPS) is 23.3. The topological polar surface area (TPSA) is 18.5 Å². The van der Waals surface area contributed by atoms with Gasteiger partial charge in [-0.1, -0.05) is 6.08 Å². The van der Waals surface area contributed by atoms with Gasteiger partial charge in [-0.3, -0.25) is 0 Å². The number of hydrogen-bond donors (Lipinski definition) is 0. The Hall–Kier alpha value is 0.0149. The standard InChI is InChI=1S/C11H18BClO2/c13-7-2-1-4-11(10-5-6-10)12-14-8-3-9-15-12/h4,10H,1-3,5-9H2/b11-4-. The molecule has 15 heavy (non-hydrogen) atoms. The van der Waals surface area contributed by atoms with E-state index in [1.165, 1.54) is 18.3 Å². The van der Waals surface area contributed by atoms with Crippen molar-refractivity contribution in [3.63, 3.8) is 0 Å². The van der Waals surface area contributed by atoms with Gasteiger partial charge < -0.3 is 9.31 Å². The van der Waals surface area contributed by atoms with Gasteiger partial charge in [0.2, 0.25) is 0 Å². The fourth-order valence-corrected chi connectivity index (χ4v) is 2.05. The molecule has 0 aromatic rings. The summed E-state index contributed by atoms with van der Waals surface area (Å²) in [5, 5.41) is 0. The van der Waals surface area contributed by atoms with Crippen molar-refractivity contribution >= 4 is 18.7 Å². The molecule has 1 aliphatic heterocycles. The molecule has 2 aliphatic rings. The van der Waals surface area contributed by atoms with Gasteiger partial charge in [-0.05, 0) is 43.5 Å². The summed E-state index contributed by atoms with van der Waals surface area (Å²) in [5.41, 5.74) is 1.37. The molecule has 0 unspecified atom stereocenters. The van der Waals surface area contributed by atoms with Crippen LogP contribution >= 0.6 is 11.6 Å². The second-order valence-corrected chi connectivity index (χ2v) is 4.61. The highest BCUT2D eigenvalue weighted by molar-refractivity contribution is 6.54. The molecule has 2 nitrogen and oxygen atoms in total. The third kappa shape index (κ3) is 3.51. The molecule has 4 heteroatoms. The minimum atomic E-state index is -0.0541. The van der Waals surface area contributed by atoms with E-state index in [4.69, 9.17) is 20.9 Å². The molecular weight excluding hydrogens is 210 g/mol. The van der Waals surface area contributed by atoms with Gasteiger partial charge in [-0.25, -0.2) is 0 Å². The van der Waals surface area contributed by atoms with E-state index >= 15 is 0 Å². The fourth-order valence-electron chi connectivity index (χ4n) is 1.90. The quantitative estimate of drug-likeness (QED) is 0.409. The first-order valence-electron chi connectivity index (χ1n) is 5.91. The number of rotatable bonds is 5. The van der Waals surface area contributed by atoms with Crippen molar-refractivity contribution < 1.29 is 9.31 Å². The van der Waals surface area contributed by atoms with Gasteiger partial charge in [-0.2, -0.15) is 0 Å². The Morgan fingerprint density at radius 2 is 2.07 bits per heavy atom. The number of allylic oxidation sites excluding steroid dienone is 2. The molecule has 84 valence electrons. The van der Waals surface area contributed by atoms with Crippen LogP contribution in [0.3, 0.4) is 0 Å². The molecule has 2 rings (SSSR count). The van der Waals surface area contributed by atoms with Crippen LogP contribution < -0.4 is 0 Å². The van der Waals surface area contributed by atoms with Crippen molar-refractivity contribution in [3.8, 4) is 0 Å². The average molecular weight is 229 g/mol. The van der Waals surface area contributed by atoms with E-state index in [0.717, 1.165) is 44.3 Å². The van der Waals surface area contributed by atoms with Crippen LogP contribution in [0.25, 0.3) is 0 Å². The maximum atomic E-state index is 5.67. The first-order chi connectivity index (χ1) is 7.42. The summed E-state index contributed by atoms with van der Waals surface area (Å²) in [5.74, 6) is 1.46. The molecule has 0 amide bonds. The molecule has 0 atom stereocenters. The Morgan fingerprint density at radius 3 is 2.67 bits per heavy atom. The van der Waals surface area contributed by atoms with Crippen molar-refractivity contribution in [1.29, 1.82) is 0 Å². The third-order valence-corrected chi connectivity index (χ3v) is 3.13. The molecule has 2 fully saturated rings. The summed E-state index contributed by atoms with van der Waals surface area (Å²) in [6, 6.07) is 0. The van der Waals surface area contributed by atoms with E-state index in [9.17, 15) is 0 Å². The van der Waals surface area contributed by atoms with E-state index in [1.54, 1.807) is 0 Å². The highest BCUT2D eigenvalue weighted by Gasteiger charge is 2.37. The molecule has 0 bridgehead atoms. The zero-order chi connectivity index (χ0) is 10.5. The molecule has 0 spiro atoms. The van der Waals surface area contributed by atoms with E-state index in [2.05, 4.69) is 6.08 Å². The highest BCUT2D eigenvalue weighted by atomic mass is 35.5. The summed E-state index contributed by atoms with van der Waals surface area (Å²) >= 11 is 5.67. The van der Waals surface area contributed by atoms with E-state index in [1.807, 2.05) is 0 Å². The van der Waals surface area contributed by atoms with Gasteiger partial charge >= 0.3 is 7.12 Å². The third-order valence-electron chi connectivity index (χ3n) is 2.87. The minimum absolute atomic E-state index is 0.0541. The van der Waals surface area contributed by atoms with Crippen molar-refractivity contribution in [2.75, 3.05) is 19.1 Å². The second-order valence-electron chi connectivity index (χ2n) is 4.24. The van der Waals surface area contributed by atoms with Crippen LogP contribution in [0, 0.1) is 5.92 Å². The first-order valence-corrected chi connectivity index (χ1v) is 6.44. The van der Waals surface area contributed by atoms with Gasteiger partial charge in [0, 0.05) is 19.1 Å². The fraction of sp³-hybridized carbons (Fsp3) is 0.818. The smallest absolute Gasteiger partial charge is 0.407 e. The van der Waals surface area contributed by atoms with E-state index in [0.29, 0.717) is 0 Å². The van der Waals surface area contributed by atoms with Crippen LogP contribution in [0.4, 0.5) is 0 Å². The van der Waals surface area contributed by atoms with Crippen LogP contribution in [-0.4, -0.2) is 26.2 Å². The molecule has 0 radical (unpaired) electrons. The van der Waals surface area contributed by atoms with E-state index in [-0.39, 0.29) is 7.12 Å². The molecule has 0 aromatic heterocycles. The van der Waals surface area contributed by atoms with Gasteiger partial charge in [0.1, 0.15) is 0 Å². The predicted octanol–water partition coefficient (Wildman–Crippen LogP) is 2.81. The molecular formula is C11H18BClO2. The second kappa shape index (κ2) is 5.93. The molecule has 1 saturated heterocycles. The first kappa shape index (κ1) is 11.5. The zero-order valence-electron chi connectivity index (χ0n) is 9.08. The molecule has 0 N–H and O–H groups in total. The van der Waals surface area contributed by atoms with Gasteiger partial charge in [0.25, 0.3) is 0 Å². The van der Waals surface area contributed by atoms with Crippen LogP contribution in [0.1, 0.15) is 32.1 Å². The van der Waals surface area contributed by atoms with Crippen LogP contribution in [-0.2, 0) is 9.31 Å². The molecule has 1 aliphatic carbocycles. The highest BCUT2D eigenvalue weighted by Crippen LogP contribution is 2.38. The number of alkyl halides is 1. The Morgan fingerprint density at radius 1 is 1.33 bits per heavy atom. The van der Waals surface area contributed by atoms with Gasteiger partial charge in [0.05, 0.1) is 0 Å². The summed E-state index contributed by atoms with van der Waals surface area (Å²) in [7, 11) is -0.0541. The summed E-state index contributed by atoms with van der Waals surface area (Å²) < 4.78 is 11.3. The monoisotopic (exact) mass is 228 g/mol. The van der Waals surface area contributed by atoms with E-state index < -0.39 is 0 Å². The average Bonchev–Trinajstić information content (AvgIpc) is 3.10. The van der Waals surface area contributed by atoms with Crippen molar-refractivity contribution in [2.24, 2.45) is 5.92 Å². The largest absolute Gasteiger partial charge is 0.489 e. The molecule has 0 aromatic carbocycles. The maximum absolute atomic E-state index is 5.67. The number of hydrogen-bond acceptors (Lipinski definition) is 2. The maximum Gasteiger partial charge on any atom is 0.489 e. The number of halogens is 1. The Kier molecular flexibility index (Phi) is 4.54.